The summed E-state index contributed by atoms with van der Waals surface area (Å²) in [5.41, 5.74) is 5.63. The highest BCUT2D eigenvalue weighted by Gasteiger charge is 2.28. The number of pyridine rings is 1. The Hall–Kier alpha value is -3.10. The largest absolute Gasteiger partial charge is 0.468 e. The minimum Gasteiger partial charge on any atom is -0.468 e. The quantitative estimate of drug-likeness (QED) is 0.874. The van der Waals surface area contributed by atoms with Gasteiger partial charge in [0, 0.05) is 12.3 Å². The highest BCUT2D eigenvalue weighted by atomic mass is 19.4. The molecule has 0 saturated heterocycles. The average molecular weight is 339 g/mol. The summed E-state index contributed by atoms with van der Waals surface area (Å²) in [7, 11) is 0. The number of carbonyl (C=O) groups excluding carboxylic acids is 2. The van der Waals surface area contributed by atoms with Crippen molar-refractivity contribution in [3.63, 3.8) is 0 Å². The van der Waals surface area contributed by atoms with Crippen LogP contribution in [0.1, 0.15) is 20.7 Å². The first-order valence-electron chi connectivity index (χ1n) is 6.62. The van der Waals surface area contributed by atoms with Crippen molar-refractivity contribution < 1.29 is 27.5 Å². The highest BCUT2D eigenvalue weighted by Crippen LogP contribution is 2.18. The number of primary amides is 1. The van der Waals surface area contributed by atoms with Crippen molar-refractivity contribution >= 4 is 17.5 Å². The van der Waals surface area contributed by atoms with Crippen LogP contribution in [0.5, 0.6) is 5.88 Å². The van der Waals surface area contributed by atoms with E-state index in [9.17, 15) is 22.8 Å². The molecule has 0 atom stereocenters. The van der Waals surface area contributed by atoms with E-state index in [-0.39, 0.29) is 22.7 Å². The predicted molar refractivity (Wildman–Crippen MR) is 78.7 cm³/mol. The van der Waals surface area contributed by atoms with Crippen molar-refractivity contribution in [1.29, 1.82) is 0 Å². The molecule has 6 nitrogen and oxygen atoms in total. The van der Waals surface area contributed by atoms with Crippen molar-refractivity contribution in [2.24, 2.45) is 5.73 Å². The Kier molecular flexibility index (Phi) is 5.02. The standard InChI is InChI=1S/C15H12F3N3O3/c16-15(17,18)8-24-12-6-5-9(7-20-12)14(23)21-11-4-2-1-3-10(11)13(19)22/h1-7H,8H2,(H2,19,22)(H,21,23). The van der Waals surface area contributed by atoms with Crippen molar-refractivity contribution in [3.05, 3.63) is 53.7 Å². The molecule has 0 spiro atoms. The summed E-state index contributed by atoms with van der Waals surface area (Å²) in [6.07, 6.45) is -3.41. The van der Waals surface area contributed by atoms with Gasteiger partial charge in [-0.1, -0.05) is 12.1 Å². The molecule has 0 fully saturated rings. The van der Waals surface area contributed by atoms with Crippen LogP contribution in [0.4, 0.5) is 18.9 Å². The predicted octanol–water partition coefficient (Wildman–Crippen LogP) is 2.37. The molecule has 0 bridgehead atoms. The van der Waals surface area contributed by atoms with Crippen LogP contribution in [0.15, 0.2) is 42.6 Å². The van der Waals surface area contributed by atoms with Crippen LogP contribution in [0, 0.1) is 0 Å². The minimum atomic E-state index is -4.48. The Morgan fingerprint density at radius 3 is 2.46 bits per heavy atom. The minimum absolute atomic E-state index is 0.0774. The van der Waals surface area contributed by atoms with Crippen LogP contribution in [-0.2, 0) is 0 Å². The van der Waals surface area contributed by atoms with Gasteiger partial charge in [0.05, 0.1) is 16.8 Å². The van der Waals surface area contributed by atoms with Gasteiger partial charge < -0.3 is 15.8 Å². The summed E-state index contributed by atoms with van der Waals surface area (Å²) in [6.45, 7) is -1.47. The number of halogens is 3. The van der Waals surface area contributed by atoms with E-state index in [1.54, 1.807) is 12.1 Å². The monoisotopic (exact) mass is 339 g/mol. The molecule has 0 saturated carbocycles. The number of amides is 2. The van der Waals surface area contributed by atoms with Crippen molar-refractivity contribution in [2.45, 2.75) is 6.18 Å². The van der Waals surface area contributed by atoms with E-state index in [0.717, 1.165) is 12.3 Å². The maximum atomic E-state index is 12.1. The maximum absolute atomic E-state index is 12.1. The molecule has 0 aliphatic carbocycles. The number of alkyl halides is 3. The molecule has 3 N–H and O–H groups in total. The topological polar surface area (TPSA) is 94.3 Å². The summed E-state index contributed by atoms with van der Waals surface area (Å²) in [6, 6.07) is 8.52. The van der Waals surface area contributed by atoms with Crippen LogP contribution in [-0.4, -0.2) is 29.6 Å². The molecule has 0 aliphatic heterocycles. The number of hydrogen-bond donors (Lipinski definition) is 2. The molecular weight excluding hydrogens is 327 g/mol. The molecular formula is C15H12F3N3O3. The number of ether oxygens (including phenoxy) is 1. The molecule has 0 unspecified atom stereocenters. The summed E-state index contributed by atoms with van der Waals surface area (Å²) in [5, 5.41) is 2.48. The first-order chi connectivity index (χ1) is 11.3. The summed E-state index contributed by atoms with van der Waals surface area (Å²) >= 11 is 0. The fourth-order valence-corrected chi connectivity index (χ4v) is 1.76. The zero-order valence-electron chi connectivity index (χ0n) is 12.1. The lowest BCUT2D eigenvalue weighted by Crippen LogP contribution is -2.20. The second kappa shape index (κ2) is 6.99. The molecule has 126 valence electrons. The lowest BCUT2D eigenvalue weighted by Gasteiger charge is -2.10. The summed E-state index contributed by atoms with van der Waals surface area (Å²) in [5.74, 6) is -1.57. The zero-order valence-corrected chi connectivity index (χ0v) is 12.1. The number of nitrogens with zero attached hydrogens (tertiary/aromatic N) is 1. The number of carbonyl (C=O) groups is 2. The van der Waals surface area contributed by atoms with Crippen molar-refractivity contribution in [1.82, 2.24) is 4.98 Å². The molecule has 0 aliphatic rings. The lowest BCUT2D eigenvalue weighted by molar-refractivity contribution is -0.154. The fourth-order valence-electron chi connectivity index (χ4n) is 1.76. The fraction of sp³-hybridized carbons (Fsp3) is 0.133. The van der Waals surface area contributed by atoms with Gasteiger partial charge >= 0.3 is 6.18 Å². The van der Waals surface area contributed by atoms with Crippen molar-refractivity contribution in [3.8, 4) is 5.88 Å². The third-order valence-electron chi connectivity index (χ3n) is 2.82. The van der Waals surface area contributed by atoms with Crippen LogP contribution in [0.3, 0.4) is 0 Å². The van der Waals surface area contributed by atoms with E-state index in [1.807, 2.05) is 0 Å². The SMILES string of the molecule is NC(=O)c1ccccc1NC(=O)c1ccc(OCC(F)(F)F)nc1. The molecule has 2 amide bonds. The molecule has 1 heterocycles. The number of para-hydroxylation sites is 1. The number of rotatable bonds is 5. The van der Waals surface area contributed by atoms with Gasteiger partial charge in [0.15, 0.2) is 6.61 Å². The Morgan fingerprint density at radius 1 is 1.17 bits per heavy atom. The van der Waals surface area contributed by atoms with Crippen LogP contribution in [0.2, 0.25) is 0 Å². The molecule has 0 radical (unpaired) electrons. The second-order valence-electron chi connectivity index (χ2n) is 4.65. The van der Waals surface area contributed by atoms with Crippen molar-refractivity contribution in [2.75, 3.05) is 11.9 Å². The van der Waals surface area contributed by atoms with E-state index in [2.05, 4.69) is 15.0 Å². The molecule has 2 rings (SSSR count). The second-order valence-corrected chi connectivity index (χ2v) is 4.65. The number of benzene rings is 1. The average Bonchev–Trinajstić information content (AvgIpc) is 2.53. The third-order valence-corrected chi connectivity index (χ3v) is 2.82. The Labute approximate surface area is 134 Å². The van der Waals surface area contributed by atoms with Gasteiger partial charge in [0.1, 0.15) is 0 Å². The van der Waals surface area contributed by atoms with E-state index in [1.165, 1.54) is 18.2 Å². The Balaban J connectivity index is 2.07. The van der Waals surface area contributed by atoms with E-state index in [0.29, 0.717) is 0 Å². The van der Waals surface area contributed by atoms with Gasteiger partial charge in [0.25, 0.3) is 11.8 Å². The van der Waals surface area contributed by atoms with E-state index >= 15 is 0 Å². The van der Waals surface area contributed by atoms with E-state index in [4.69, 9.17) is 5.73 Å². The van der Waals surface area contributed by atoms with Gasteiger partial charge in [-0.2, -0.15) is 13.2 Å². The van der Waals surface area contributed by atoms with Crippen LogP contribution < -0.4 is 15.8 Å². The van der Waals surface area contributed by atoms with Gasteiger partial charge in [-0.3, -0.25) is 9.59 Å². The summed E-state index contributed by atoms with van der Waals surface area (Å²) in [4.78, 5) is 27.0. The molecule has 1 aromatic carbocycles. The number of anilines is 1. The maximum Gasteiger partial charge on any atom is 0.422 e. The number of nitrogens with two attached hydrogens (primary N) is 1. The van der Waals surface area contributed by atoms with Gasteiger partial charge in [0.2, 0.25) is 5.88 Å². The molecule has 2 aromatic rings. The first kappa shape index (κ1) is 17.3. The zero-order chi connectivity index (χ0) is 17.7. The third kappa shape index (κ3) is 4.70. The Morgan fingerprint density at radius 2 is 1.88 bits per heavy atom. The first-order valence-corrected chi connectivity index (χ1v) is 6.62. The lowest BCUT2D eigenvalue weighted by atomic mass is 10.1. The number of hydrogen-bond acceptors (Lipinski definition) is 4. The van der Waals surface area contributed by atoms with Crippen LogP contribution in [0.25, 0.3) is 0 Å². The van der Waals surface area contributed by atoms with Gasteiger partial charge in [-0.25, -0.2) is 4.98 Å². The normalized spacial score (nSPS) is 11.0. The number of aromatic nitrogens is 1. The van der Waals surface area contributed by atoms with Crippen LogP contribution >= 0.6 is 0 Å². The number of nitrogens with one attached hydrogen (secondary N) is 1. The molecule has 24 heavy (non-hydrogen) atoms. The Bertz CT molecular complexity index is 746. The molecule has 9 heteroatoms. The highest BCUT2D eigenvalue weighted by molar-refractivity contribution is 6.08. The van der Waals surface area contributed by atoms with Gasteiger partial charge in [-0.05, 0) is 18.2 Å². The van der Waals surface area contributed by atoms with Gasteiger partial charge in [-0.15, -0.1) is 0 Å². The van der Waals surface area contributed by atoms with E-state index < -0.39 is 24.6 Å². The summed E-state index contributed by atoms with van der Waals surface area (Å²) < 4.78 is 40.6. The smallest absolute Gasteiger partial charge is 0.422 e. The molecule has 1 aromatic heterocycles.